The highest BCUT2D eigenvalue weighted by Gasteiger charge is 2.23. The van der Waals surface area contributed by atoms with Gasteiger partial charge < -0.3 is 14.7 Å². The number of benzene rings is 2. The average molecular weight is 442 g/mol. The van der Waals surface area contributed by atoms with Gasteiger partial charge in [0.1, 0.15) is 5.69 Å². The molecule has 0 unspecified atom stereocenters. The van der Waals surface area contributed by atoms with E-state index in [0.29, 0.717) is 0 Å². The van der Waals surface area contributed by atoms with E-state index in [1.165, 1.54) is 30.5 Å². The van der Waals surface area contributed by atoms with Crippen molar-refractivity contribution in [2.45, 2.75) is 26.2 Å². The Morgan fingerprint density at radius 3 is 2.09 bits per heavy atom. The van der Waals surface area contributed by atoms with E-state index in [1.807, 2.05) is 29.2 Å². The molecule has 2 aromatic carbocycles. The second-order valence-electron chi connectivity index (χ2n) is 8.97. The third-order valence-corrected chi connectivity index (χ3v) is 6.71. The van der Waals surface area contributed by atoms with Gasteiger partial charge in [0.25, 0.3) is 5.91 Å². The fourth-order valence-electron chi connectivity index (χ4n) is 4.75. The minimum atomic E-state index is 0.0977. The van der Waals surface area contributed by atoms with Crippen LogP contribution < -0.4 is 9.80 Å². The summed E-state index contributed by atoms with van der Waals surface area (Å²) in [4.78, 5) is 29.0. The van der Waals surface area contributed by atoms with Crippen LogP contribution >= 0.6 is 0 Å². The molecule has 170 valence electrons. The van der Waals surface area contributed by atoms with Crippen LogP contribution in [0.2, 0.25) is 0 Å². The van der Waals surface area contributed by atoms with Crippen LogP contribution in [0.3, 0.4) is 0 Å². The van der Waals surface area contributed by atoms with Crippen LogP contribution in [-0.2, 0) is 0 Å². The fourth-order valence-corrected chi connectivity index (χ4v) is 4.75. The van der Waals surface area contributed by atoms with Crippen LogP contribution in [0.4, 0.5) is 11.5 Å². The van der Waals surface area contributed by atoms with Gasteiger partial charge in [-0.25, -0.2) is 4.98 Å². The van der Waals surface area contributed by atoms with Crippen LogP contribution in [-0.4, -0.2) is 60.0 Å². The molecule has 0 spiro atoms. The van der Waals surface area contributed by atoms with Gasteiger partial charge in [0.05, 0.1) is 0 Å². The summed E-state index contributed by atoms with van der Waals surface area (Å²) in [5.41, 5.74) is 5.12. The number of nitrogens with zero attached hydrogens (tertiary/aromatic N) is 5. The Morgan fingerprint density at radius 2 is 1.39 bits per heavy atom. The number of anilines is 2. The summed E-state index contributed by atoms with van der Waals surface area (Å²) in [5.74, 6) is 1.05. The molecule has 5 rings (SSSR count). The summed E-state index contributed by atoms with van der Waals surface area (Å²) < 4.78 is 0. The number of carbonyl (C=O) groups is 1. The number of hydrogen-bond acceptors (Lipinski definition) is 5. The van der Waals surface area contributed by atoms with Crippen LogP contribution in [0.25, 0.3) is 11.3 Å². The average Bonchev–Trinajstić information content (AvgIpc) is 2.89. The number of aryl methyl sites for hydroxylation is 1. The van der Waals surface area contributed by atoms with Crippen LogP contribution in [0.1, 0.15) is 35.2 Å². The molecule has 0 bridgehead atoms. The second-order valence-corrected chi connectivity index (χ2v) is 8.97. The molecule has 0 N–H and O–H groups in total. The molecule has 0 atom stereocenters. The SMILES string of the molecule is Cc1ccc(N2CCN(C(=O)c3ccc(-c4nccnc4N4CCCCC4)cc3)CC2)cc1. The number of amides is 1. The maximum Gasteiger partial charge on any atom is 0.253 e. The van der Waals surface area contributed by atoms with E-state index in [0.717, 1.165) is 61.9 Å². The first-order valence-electron chi connectivity index (χ1n) is 12.0. The van der Waals surface area contributed by atoms with Crippen molar-refractivity contribution in [2.75, 3.05) is 49.1 Å². The lowest BCUT2D eigenvalue weighted by molar-refractivity contribution is 0.0747. The maximum absolute atomic E-state index is 13.1. The van der Waals surface area contributed by atoms with Gasteiger partial charge in [-0.3, -0.25) is 9.78 Å². The Labute approximate surface area is 195 Å². The summed E-state index contributed by atoms with van der Waals surface area (Å²) in [6.45, 7) is 7.32. The first-order valence-corrected chi connectivity index (χ1v) is 12.0. The van der Waals surface area contributed by atoms with Crippen molar-refractivity contribution in [3.8, 4) is 11.3 Å². The lowest BCUT2D eigenvalue weighted by Crippen LogP contribution is -2.48. The molecule has 6 nitrogen and oxygen atoms in total. The molecule has 2 aliphatic heterocycles. The van der Waals surface area contributed by atoms with Gasteiger partial charge >= 0.3 is 0 Å². The molecule has 2 aliphatic rings. The third kappa shape index (κ3) is 4.70. The number of rotatable bonds is 4. The molecule has 3 heterocycles. The standard InChI is InChI=1S/C27H31N5O/c1-21-5-11-24(12-6-21)30-17-19-32(20-18-30)27(33)23-9-7-22(8-10-23)25-26(29-14-13-28-25)31-15-3-2-4-16-31/h5-14H,2-4,15-20H2,1H3. The highest BCUT2D eigenvalue weighted by atomic mass is 16.2. The Morgan fingerprint density at radius 1 is 0.727 bits per heavy atom. The number of hydrogen-bond donors (Lipinski definition) is 0. The van der Waals surface area contributed by atoms with Gasteiger partial charge in [-0.1, -0.05) is 29.8 Å². The molecule has 1 amide bonds. The van der Waals surface area contributed by atoms with Crippen LogP contribution in [0, 0.1) is 6.92 Å². The van der Waals surface area contributed by atoms with Gasteiger partial charge in [0.15, 0.2) is 5.82 Å². The van der Waals surface area contributed by atoms with E-state index in [9.17, 15) is 4.79 Å². The molecular formula is C27H31N5O. The molecule has 2 saturated heterocycles. The quantitative estimate of drug-likeness (QED) is 0.601. The van der Waals surface area contributed by atoms with E-state index in [4.69, 9.17) is 0 Å². The molecule has 2 fully saturated rings. The summed E-state index contributed by atoms with van der Waals surface area (Å²) >= 11 is 0. The summed E-state index contributed by atoms with van der Waals surface area (Å²) in [5, 5.41) is 0. The Balaban J connectivity index is 1.26. The number of carbonyl (C=O) groups excluding carboxylic acids is 1. The van der Waals surface area contributed by atoms with Crippen molar-refractivity contribution in [2.24, 2.45) is 0 Å². The van der Waals surface area contributed by atoms with Crippen molar-refractivity contribution in [3.63, 3.8) is 0 Å². The molecule has 0 saturated carbocycles. The van der Waals surface area contributed by atoms with Gasteiger partial charge in [-0.05, 0) is 50.5 Å². The zero-order valence-corrected chi connectivity index (χ0v) is 19.3. The molecule has 3 aromatic rings. The molecule has 1 aromatic heterocycles. The topological polar surface area (TPSA) is 52.6 Å². The first kappa shape index (κ1) is 21.4. The maximum atomic E-state index is 13.1. The molecular weight excluding hydrogens is 410 g/mol. The van der Waals surface area contributed by atoms with E-state index >= 15 is 0 Å². The number of piperidine rings is 1. The smallest absolute Gasteiger partial charge is 0.253 e. The normalized spacial score (nSPS) is 16.7. The number of aromatic nitrogens is 2. The van der Waals surface area contributed by atoms with Crippen molar-refractivity contribution >= 4 is 17.4 Å². The van der Waals surface area contributed by atoms with Crippen LogP contribution in [0.15, 0.2) is 60.9 Å². The van der Waals surface area contributed by atoms with E-state index in [1.54, 1.807) is 12.4 Å². The van der Waals surface area contributed by atoms with E-state index < -0.39 is 0 Å². The van der Waals surface area contributed by atoms with Crippen molar-refractivity contribution in [1.82, 2.24) is 14.9 Å². The molecule has 0 aliphatic carbocycles. The summed E-state index contributed by atoms with van der Waals surface area (Å²) in [6.07, 6.45) is 7.18. The minimum absolute atomic E-state index is 0.0977. The van der Waals surface area contributed by atoms with Crippen molar-refractivity contribution in [1.29, 1.82) is 0 Å². The Bertz CT molecular complexity index is 1080. The van der Waals surface area contributed by atoms with Gasteiger partial charge in [-0.15, -0.1) is 0 Å². The lowest BCUT2D eigenvalue weighted by Gasteiger charge is -2.36. The minimum Gasteiger partial charge on any atom is -0.368 e. The number of piperazine rings is 1. The van der Waals surface area contributed by atoms with Crippen molar-refractivity contribution < 1.29 is 4.79 Å². The zero-order valence-electron chi connectivity index (χ0n) is 19.3. The third-order valence-electron chi connectivity index (χ3n) is 6.71. The summed E-state index contributed by atoms with van der Waals surface area (Å²) in [7, 11) is 0. The summed E-state index contributed by atoms with van der Waals surface area (Å²) in [6, 6.07) is 16.5. The monoisotopic (exact) mass is 441 g/mol. The lowest BCUT2D eigenvalue weighted by atomic mass is 10.1. The van der Waals surface area contributed by atoms with Gasteiger partial charge in [0.2, 0.25) is 0 Å². The Hall–Kier alpha value is -3.41. The molecule has 33 heavy (non-hydrogen) atoms. The molecule has 6 heteroatoms. The zero-order chi connectivity index (χ0) is 22.6. The highest BCUT2D eigenvalue weighted by Crippen LogP contribution is 2.29. The second kappa shape index (κ2) is 9.61. The van der Waals surface area contributed by atoms with E-state index in [-0.39, 0.29) is 5.91 Å². The highest BCUT2D eigenvalue weighted by molar-refractivity contribution is 5.95. The van der Waals surface area contributed by atoms with Gasteiger partial charge in [0, 0.05) is 68.5 Å². The van der Waals surface area contributed by atoms with E-state index in [2.05, 4.69) is 51.0 Å². The fraction of sp³-hybridized carbons (Fsp3) is 0.370. The molecule has 0 radical (unpaired) electrons. The van der Waals surface area contributed by atoms with Gasteiger partial charge in [-0.2, -0.15) is 0 Å². The predicted molar refractivity (Wildman–Crippen MR) is 133 cm³/mol. The van der Waals surface area contributed by atoms with Crippen LogP contribution in [0.5, 0.6) is 0 Å². The first-order chi connectivity index (χ1) is 16.2. The van der Waals surface area contributed by atoms with Crippen molar-refractivity contribution in [3.05, 3.63) is 72.1 Å². The predicted octanol–water partition coefficient (Wildman–Crippen LogP) is 4.40. The largest absolute Gasteiger partial charge is 0.368 e. The Kier molecular flexibility index (Phi) is 6.24.